The molecular weight excluding hydrogens is 454 g/mol. The fraction of sp³-hybridized carbons (Fsp3) is 0.407. The summed E-state index contributed by atoms with van der Waals surface area (Å²) in [6, 6.07) is 17.0. The lowest BCUT2D eigenvalue weighted by Gasteiger charge is -2.40. The number of pyridine rings is 2. The van der Waals surface area contributed by atoms with Crippen LogP contribution < -0.4 is 15.6 Å². The minimum atomic E-state index is -0.0508. The van der Waals surface area contributed by atoms with Crippen molar-refractivity contribution in [3.8, 4) is 17.7 Å². The first-order chi connectivity index (χ1) is 17.7. The van der Waals surface area contributed by atoms with Crippen LogP contribution >= 0.6 is 0 Å². The zero-order valence-electron chi connectivity index (χ0n) is 20.1. The maximum Gasteiger partial charge on any atom is 0.236 e. The molecule has 3 unspecified atom stereocenters. The highest BCUT2D eigenvalue weighted by atomic mass is 16.5. The smallest absolute Gasteiger partial charge is 0.236 e. The lowest BCUT2D eigenvalue weighted by Crippen LogP contribution is -2.54. The SMILES string of the molecule is N#CCC(=O)N1CC2CCC(C1)N2Cc1ccc2cc(Oc3ccc(C4CCNN4)cn3)ccc2n1. The Morgan fingerprint density at radius 2 is 1.97 bits per heavy atom. The van der Waals surface area contributed by atoms with Gasteiger partial charge >= 0.3 is 0 Å². The summed E-state index contributed by atoms with van der Waals surface area (Å²) in [6.07, 6.45) is 5.04. The highest BCUT2D eigenvalue weighted by Crippen LogP contribution is 2.32. The third kappa shape index (κ3) is 4.63. The lowest BCUT2D eigenvalue weighted by atomic mass is 10.1. The summed E-state index contributed by atoms with van der Waals surface area (Å²) in [5.74, 6) is 1.25. The van der Waals surface area contributed by atoms with Crippen molar-refractivity contribution >= 4 is 16.8 Å². The molecule has 9 heteroatoms. The molecule has 1 aromatic carbocycles. The van der Waals surface area contributed by atoms with Gasteiger partial charge in [0.15, 0.2) is 0 Å². The second kappa shape index (κ2) is 9.82. The molecule has 2 bridgehead atoms. The molecule has 1 amide bonds. The molecule has 3 aliphatic rings. The predicted octanol–water partition coefficient (Wildman–Crippen LogP) is 3.05. The molecule has 9 nitrogen and oxygen atoms in total. The Morgan fingerprint density at radius 1 is 1.11 bits per heavy atom. The molecule has 6 rings (SSSR count). The fourth-order valence-electron chi connectivity index (χ4n) is 5.63. The summed E-state index contributed by atoms with van der Waals surface area (Å²) in [5, 5.41) is 9.87. The van der Waals surface area contributed by atoms with Gasteiger partial charge in [0, 0.05) is 62.0 Å². The number of piperazine rings is 1. The van der Waals surface area contributed by atoms with Crippen LogP contribution in [0, 0.1) is 11.3 Å². The van der Waals surface area contributed by atoms with Gasteiger partial charge in [-0.3, -0.25) is 25.5 Å². The molecule has 3 saturated heterocycles. The summed E-state index contributed by atoms with van der Waals surface area (Å²) < 4.78 is 6.00. The minimum Gasteiger partial charge on any atom is -0.439 e. The standard InChI is InChI=1S/C27H29N7O2/c28-11-9-27(35)33-16-21-4-5-22(17-33)34(21)15-20-3-1-18-13-23(6-7-24(18)31-20)36-26-8-2-19(14-29-26)25-10-12-30-32-25/h1-3,6-8,13-14,21-22,25,30,32H,4-5,9-10,12,15-17H2. The maximum atomic E-state index is 12.2. The van der Waals surface area contributed by atoms with Crippen LogP contribution in [-0.2, 0) is 11.3 Å². The van der Waals surface area contributed by atoms with Gasteiger partial charge in [0.05, 0.1) is 17.3 Å². The minimum absolute atomic E-state index is 0.0333. The van der Waals surface area contributed by atoms with Crippen molar-refractivity contribution < 1.29 is 9.53 Å². The van der Waals surface area contributed by atoms with Crippen LogP contribution in [0.15, 0.2) is 48.7 Å². The van der Waals surface area contributed by atoms with Crippen molar-refractivity contribution in [3.63, 3.8) is 0 Å². The van der Waals surface area contributed by atoms with Crippen molar-refractivity contribution in [3.05, 3.63) is 59.9 Å². The van der Waals surface area contributed by atoms with Crippen LogP contribution in [0.3, 0.4) is 0 Å². The molecule has 2 aromatic heterocycles. The van der Waals surface area contributed by atoms with Crippen LogP contribution in [0.2, 0.25) is 0 Å². The molecule has 184 valence electrons. The number of carbonyl (C=O) groups is 1. The van der Waals surface area contributed by atoms with Gasteiger partial charge in [0.25, 0.3) is 0 Å². The first-order valence-electron chi connectivity index (χ1n) is 12.6. The molecule has 0 radical (unpaired) electrons. The highest BCUT2D eigenvalue weighted by Gasteiger charge is 2.41. The Balaban J connectivity index is 1.11. The van der Waals surface area contributed by atoms with Gasteiger partial charge in [-0.1, -0.05) is 12.1 Å². The zero-order chi connectivity index (χ0) is 24.5. The number of nitrogens with one attached hydrogen (secondary N) is 2. The number of likely N-dealkylation sites (tertiary alicyclic amines) is 1. The maximum absolute atomic E-state index is 12.2. The van der Waals surface area contributed by atoms with Gasteiger partial charge in [0.1, 0.15) is 12.2 Å². The second-order valence-corrected chi connectivity index (χ2v) is 9.79. The number of benzene rings is 1. The number of aromatic nitrogens is 2. The number of fused-ring (bicyclic) bond motifs is 3. The summed E-state index contributed by atoms with van der Waals surface area (Å²) in [4.78, 5) is 25.9. The number of hydrogen-bond acceptors (Lipinski definition) is 8. The molecule has 3 fully saturated rings. The molecule has 2 N–H and O–H groups in total. The fourth-order valence-corrected chi connectivity index (χ4v) is 5.63. The largest absolute Gasteiger partial charge is 0.439 e. The van der Waals surface area contributed by atoms with E-state index in [0.29, 0.717) is 31.1 Å². The van der Waals surface area contributed by atoms with Gasteiger partial charge in [-0.2, -0.15) is 5.26 Å². The van der Waals surface area contributed by atoms with Crippen molar-refractivity contribution in [1.29, 1.82) is 5.26 Å². The highest BCUT2D eigenvalue weighted by molar-refractivity contribution is 5.80. The first kappa shape index (κ1) is 22.9. The number of hydrazine groups is 1. The van der Waals surface area contributed by atoms with Crippen LogP contribution in [-0.4, -0.2) is 57.4 Å². The van der Waals surface area contributed by atoms with Crippen LogP contribution in [0.5, 0.6) is 11.6 Å². The lowest BCUT2D eigenvalue weighted by molar-refractivity contribution is -0.133. The summed E-state index contributed by atoms with van der Waals surface area (Å²) >= 11 is 0. The van der Waals surface area contributed by atoms with Gasteiger partial charge in [-0.05, 0) is 49.1 Å². The summed E-state index contributed by atoms with van der Waals surface area (Å²) in [5.41, 5.74) is 9.49. The summed E-state index contributed by atoms with van der Waals surface area (Å²) in [7, 11) is 0. The number of nitriles is 1. The van der Waals surface area contributed by atoms with Gasteiger partial charge in [0.2, 0.25) is 11.8 Å². The van der Waals surface area contributed by atoms with E-state index in [1.807, 2.05) is 47.5 Å². The average Bonchev–Trinajstić information content (AvgIpc) is 3.50. The van der Waals surface area contributed by atoms with E-state index >= 15 is 0 Å². The summed E-state index contributed by atoms with van der Waals surface area (Å²) in [6.45, 7) is 3.13. The number of rotatable bonds is 6. The molecular formula is C27H29N7O2. The zero-order valence-corrected chi connectivity index (χ0v) is 20.1. The number of hydrogen-bond donors (Lipinski definition) is 2. The Kier molecular flexibility index (Phi) is 6.23. The Labute approximate surface area is 210 Å². The van der Waals surface area contributed by atoms with Crippen molar-refractivity contribution in [2.24, 2.45) is 0 Å². The number of nitrogens with zero attached hydrogens (tertiary/aromatic N) is 5. The van der Waals surface area contributed by atoms with Crippen molar-refractivity contribution in [2.45, 2.75) is 50.4 Å². The average molecular weight is 484 g/mol. The van der Waals surface area contributed by atoms with Crippen LogP contribution in [0.1, 0.15) is 43.0 Å². The van der Waals surface area contributed by atoms with E-state index in [0.717, 1.165) is 60.3 Å². The molecule has 3 atom stereocenters. The third-order valence-corrected chi connectivity index (χ3v) is 7.50. The molecule has 0 spiro atoms. The molecule has 3 aromatic rings. The second-order valence-electron chi connectivity index (χ2n) is 9.79. The topological polar surface area (TPSA) is 106 Å². The van der Waals surface area contributed by atoms with E-state index in [1.54, 1.807) is 0 Å². The number of amides is 1. The van der Waals surface area contributed by atoms with E-state index in [9.17, 15) is 4.79 Å². The monoisotopic (exact) mass is 483 g/mol. The molecule has 0 aliphatic carbocycles. The van der Waals surface area contributed by atoms with Gasteiger partial charge in [-0.25, -0.2) is 4.98 Å². The van der Waals surface area contributed by atoms with E-state index < -0.39 is 0 Å². The Bertz CT molecular complexity index is 1290. The molecule has 5 heterocycles. The van der Waals surface area contributed by atoms with E-state index in [2.05, 4.69) is 32.9 Å². The molecule has 3 aliphatic heterocycles. The van der Waals surface area contributed by atoms with E-state index in [4.69, 9.17) is 15.0 Å². The third-order valence-electron chi connectivity index (χ3n) is 7.50. The van der Waals surface area contributed by atoms with Crippen LogP contribution in [0.25, 0.3) is 10.9 Å². The molecule has 36 heavy (non-hydrogen) atoms. The van der Waals surface area contributed by atoms with Gasteiger partial charge < -0.3 is 9.64 Å². The van der Waals surface area contributed by atoms with Gasteiger partial charge in [-0.15, -0.1) is 0 Å². The van der Waals surface area contributed by atoms with E-state index in [1.165, 1.54) is 0 Å². The first-order valence-corrected chi connectivity index (χ1v) is 12.6. The quantitative estimate of drug-likeness (QED) is 0.551. The Hall–Kier alpha value is -3.58. The van der Waals surface area contributed by atoms with Crippen molar-refractivity contribution in [1.82, 2.24) is 30.6 Å². The van der Waals surface area contributed by atoms with Crippen LogP contribution in [0.4, 0.5) is 0 Å². The van der Waals surface area contributed by atoms with Crippen molar-refractivity contribution in [2.75, 3.05) is 19.6 Å². The molecule has 0 saturated carbocycles. The number of ether oxygens (including phenoxy) is 1. The Morgan fingerprint density at radius 3 is 2.69 bits per heavy atom. The number of carbonyl (C=O) groups excluding carboxylic acids is 1. The van der Waals surface area contributed by atoms with E-state index in [-0.39, 0.29) is 18.4 Å². The normalized spacial score (nSPS) is 23.6. The predicted molar refractivity (Wildman–Crippen MR) is 134 cm³/mol.